The van der Waals surface area contributed by atoms with E-state index in [0.29, 0.717) is 5.69 Å². The number of para-hydroxylation sites is 1. The number of nitrogens with one attached hydrogen (secondary N) is 1. The molecule has 3 aromatic rings. The third kappa shape index (κ3) is 3.92. The molecule has 1 aliphatic rings. The van der Waals surface area contributed by atoms with Gasteiger partial charge >= 0.3 is 0 Å². The minimum atomic E-state index is -0.239. The molecule has 6 heteroatoms. The van der Waals surface area contributed by atoms with E-state index in [4.69, 9.17) is 0 Å². The van der Waals surface area contributed by atoms with E-state index < -0.39 is 0 Å². The zero-order chi connectivity index (χ0) is 20.2. The number of benzene rings is 2. The largest absolute Gasteiger partial charge is 0.372 e. The molecule has 0 saturated carbocycles. The van der Waals surface area contributed by atoms with Crippen molar-refractivity contribution < 1.29 is 4.79 Å². The lowest BCUT2D eigenvalue weighted by molar-refractivity contribution is 0.102. The van der Waals surface area contributed by atoms with Crippen molar-refractivity contribution in [2.45, 2.75) is 20.3 Å². The molecule has 1 amide bonds. The second kappa shape index (κ2) is 8.31. The molecule has 0 unspecified atom stereocenters. The summed E-state index contributed by atoms with van der Waals surface area (Å²) >= 11 is 0. The van der Waals surface area contributed by atoms with Crippen LogP contribution in [0.15, 0.2) is 60.9 Å². The van der Waals surface area contributed by atoms with Crippen LogP contribution in [0.5, 0.6) is 0 Å². The maximum Gasteiger partial charge on any atom is 0.274 e. The quantitative estimate of drug-likeness (QED) is 0.684. The van der Waals surface area contributed by atoms with E-state index in [1.807, 2.05) is 36.4 Å². The summed E-state index contributed by atoms with van der Waals surface area (Å²) in [7, 11) is 0. The Hall–Kier alpha value is -3.41. The van der Waals surface area contributed by atoms with Gasteiger partial charge in [0.05, 0.1) is 0 Å². The normalized spacial score (nSPS) is 12.6. The van der Waals surface area contributed by atoms with Gasteiger partial charge in [0.15, 0.2) is 0 Å². The Morgan fingerprint density at radius 1 is 1.07 bits per heavy atom. The summed E-state index contributed by atoms with van der Waals surface area (Å²) in [6.07, 6.45) is 2.43. The van der Waals surface area contributed by atoms with Crippen molar-refractivity contribution in [3.63, 3.8) is 0 Å². The molecule has 2 aromatic carbocycles. The Kier molecular flexibility index (Phi) is 5.42. The van der Waals surface area contributed by atoms with Crippen LogP contribution in [0.1, 0.15) is 29.9 Å². The molecule has 0 atom stereocenters. The van der Waals surface area contributed by atoms with E-state index in [9.17, 15) is 4.79 Å². The number of carbonyl (C=O) groups is 1. The van der Waals surface area contributed by atoms with Crippen LogP contribution >= 0.6 is 0 Å². The van der Waals surface area contributed by atoms with Gasteiger partial charge in [-0.2, -0.15) is 0 Å². The fourth-order valence-electron chi connectivity index (χ4n) is 3.73. The fraction of sp³-hybridized carbons (Fsp3) is 0.261. The van der Waals surface area contributed by atoms with Crippen molar-refractivity contribution in [1.82, 2.24) is 9.97 Å². The van der Waals surface area contributed by atoms with E-state index in [0.717, 1.165) is 48.9 Å². The maximum atomic E-state index is 12.7. The van der Waals surface area contributed by atoms with Crippen molar-refractivity contribution >= 4 is 28.8 Å². The van der Waals surface area contributed by atoms with Crippen molar-refractivity contribution in [3.05, 3.63) is 72.2 Å². The summed E-state index contributed by atoms with van der Waals surface area (Å²) in [5.74, 6) is 0.503. The van der Waals surface area contributed by atoms with Gasteiger partial charge in [-0.05, 0) is 56.2 Å². The molecule has 1 aromatic heterocycles. The summed E-state index contributed by atoms with van der Waals surface area (Å²) in [5, 5.41) is 2.93. The molecular weight excluding hydrogens is 362 g/mol. The van der Waals surface area contributed by atoms with Crippen LogP contribution in [0.4, 0.5) is 22.9 Å². The summed E-state index contributed by atoms with van der Waals surface area (Å²) in [6, 6.07) is 17.9. The predicted octanol–water partition coefficient (Wildman–Crippen LogP) is 4.27. The van der Waals surface area contributed by atoms with Crippen molar-refractivity contribution in [2.24, 2.45) is 0 Å². The predicted molar refractivity (Wildman–Crippen MR) is 117 cm³/mol. The van der Waals surface area contributed by atoms with E-state index in [1.54, 1.807) is 6.07 Å². The molecule has 4 rings (SSSR count). The molecule has 0 aliphatic carbocycles. The van der Waals surface area contributed by atoms with Gasteiger partial charge in [0.2, 0.25) is 0 Å². The number of nitrogens with zero attached hydrogens (tertiary/aromatic N) is 4. The van der Waals surface area contributed by atoms with E-state index in [2.05, 4.69) is 51.1 Å². The Morgan fingerprint density at radius 3 is 2.59 bits per heavy atom. The number of hydrogen-bond donors (Lipinski definition) is 1. The molecule has 2 heterocycles. The Bertz CT molecular complexity index is 998. The number of amides is 1. The third-order valence-corrected chi connectivity index (χ3v) is 5.30. The molecule has 6 nitrogen and oxygen atoms in total. The van der Waals surface area contributed by atoms with Gasteiger partial charge in [0.1, 0.15) is 17.8 Å². The van der Waals surface area contributed by atoms with Crippen LogP contribution in [-0.4, -0.2) is 35.5 Å². The summed E-state index contributed by atoms with van der Waals surface area (Å²) < 4.78 is 0. The standard InChI is InChI=1S/C23H25N5O/c1-3-27(4-2)19-11-9-18(10-12-19)26-23(29)20-15-22(25-16-24-20)28-14-13-17-7-5-6-8-21(17)28/h5-12,15-16H,3-4,13-14H2,1-2H3,(H,26,29). The number of rotatable bonds is 6. The third-order valence-electron chi connectivity index (χ3n) is 5.30. The maximum absolute atomic E-state index is 12.7. The molecule has 0 fully saturated rings. The summed E-state index contributed by atoms with van der Waals surface area (Å²) in [6.45, 7) is 7.01. The van der Waals surface area contributed by atoms with Gasteiger partial charge < -0.3 is 15.1 Å². The first kappa shape index (κ1) is 18.9. The summed E-state index contributed by atoms with van der Waals surface area (Å²) in [5.41, 5.74) is 4.68. The minimum absolute atomic E-state index is 0.239. The first-order valence-corrected chi connectivity index (χ1v) is 10.0. The number of carbonyl (C=O) groups excluding carboxylic acids is 1. The molecule has 29 heavy (non-hydrogen) atoms. The highest BCUT2D eigenvalue weighted by Gasteiger charge is 2.22. The van der Waals surface area contributed by atoms with Crippen LogP contribution in [0.3, 0.4) is 0 Å². The number of aromatic nitrogens is 2. The highest BCUT2D eigenvalue weighted by Crippen LogP contribution is 2.33. The lowest BCUT2D eigenvalue weighted by Gasteiger charge is -2.21. The van der Waals surface area contributed by atoms with Crippen LogP contribution in [0, 0.1) is 0 Å². The molecule has 0 radical (unpaired) electrons. The van der Waals surface area contributed by atoms with E-state index >= 15 is 0 Å². The first-order valence-electron chi connectivity index (χ1n) is 10.0. The summed E-state index contributed by atoms with van der Waals surface area (Å²) in [4.78, 5) is 25.7. The molecular formula is C23H25N5O. The molecule has 1 aliphatic heterocycles. The Labute approximate surface area is 171 Å². The molecule has 0 spiro atoms. The number of fused-ring (bicyclic) bond motifs is 1. The Morgan fingerprint density at radius 2 is 1.83 bits per heavy atom. The van der Waals surface area contributed by atoms with Crippen LogP contribution in [0.25, 0.3) is 0 Å². The van der Waals surface area contributed by atoms with Crippen molar-refractivity contribution in [1.29, 1.82) is 0 Å². The monoisotopic (exact) mass is 387 g/mol. The molecule has 148 valence electrons. The SMILES string of the molecule is CCN(CC)c1ccc(NC(=O)c2cc(N3CCc4ccccc43)ncn2)cc1. The number of hydrogen-bond acceptors (Lipinski definition) is 5. The lowest BCUT2D eigenvalue weighted by Crippen LogP contribution is -2.21. The number of anilines is 4. The van der Waals surface area contributed by atoms with Crippen LogP contribution < -0.4 is 15.1 Å². The molecule has 0 saturated heterocycles. The topological polar surface area (TPSA) is 61.4 Å². The van der Waals surface area contributed by atoms with Gasteiger partial charge in [-0.25, -0.2) is 9.97 Å². The van der Waals surface area contributed by atoms with Crippen LogP contribution in [0.2, 0.25) is 0 Å². The second-order valence-electron chi connectivity index (χ2n) is 6.97. The average Bonchev–Trinajstić information content (AvgIpc) is 3.20. The zero-order valence-electron chi connectivity index (χ0n) is 16.8. The lowest BCUT2D eigenvalue weighted by atomic mass is 10.2. The van der Waals surface area contributed by atoms with Gasteiger partial charge in [0, 0.05) is 42.8 Å². The van der Waals surface area contributed by atoms with Crippen molar-refractivity contribution in [2.75, 3.05) is 34.8 Å². The van der Waals surface area contributed by atoms with Gasteiger partial charge in [-0.1, -0.05) is 18.2 Å². The average molecular weight is 387 g/mol. The first-order chi connectivity index (χ1) is 14.2. The smallest absolute Gasteiger partial charge is 0.274 e. The van der Waals surface area contributed by atoms with E-state index in [1.165, 1.54) is 11.9 Å². The highest BCUT2D eigenvalue weighted by atomic mass is 16.1. The molecule has 0 bridgehead atoms. The van der Waals surface area contributed by atoms with E-state index in [-0.39, 0.29) is 5.91 Å². The van der Waals surface area contributed by atoms with Crippen LogP contribution in [-0.2, 0) is 6.42 Å². The highest BCUT2D eigenvalue weighted by molar-refractivity contribution is 6.03. The molecule has 1 N–H and O–H groups in total. The van der Waals surface area contributed by atoms with Gasteiger partial charge in [-0.15, -0.1) is 0 Å². The second-order valence-corrected chi connectivity index (χ2v) is 6.97. The van der Waals surface area contributed by atoms with Gasteiger partial charge in [-0.3, -0.25) is 4.79 Å². The minimum Gasteiger partial charge on any atom is -0.372 e. The van der Waals surface area contributed by atoms with Crippen molar-refractivity contribution in [3.8, 4) is 0 Å². The van der Waals surface area contributed by atoms with Gasteiger partial charge in [0.25, 0.3) is 5.91 Å². The fourth-order valence-corrected chi connectivity index (χ4v) is 3.73. The zero-order valence-corrected chi connectivity index (χ0v) is 16.8. The Balaban J connectivity index is 1.50.